The van der Waals surface area contributed by atoms with Crippen molar-refractivity contribution in [1.29, 1.82) is 0 Å². The Kier molecular flexibility index (Phi) is 3.40. The summed E-state index contributed by atoms with van der Waals surface area (Å²) in [7, 11) is 1.40. The molecule has 5 rings (SSSR count). The molecule has 0 amide bonds. The Bertz CT molecular complexity index is 1290. The molecular weight excluding hydrogens is 338 g/mol. The lowest BCUT2D eigenvalue weighted by molar-refractivity contribution is 0.0596. The topological polar surface area (TPSA) is 73.7 Å². The number of hydrogen-bond acceptors (Lipinski definition) is 2. The molecule has 3 aromatic heterocycles. The zero-order chi connectivity index (χ0) is 18.4. The third-order valence-corrected chi connectivity index (χ3v) is 5.01. The molecule has 0 fully saturated rings. The summed E-state index contributed by atoms with van der Waals surface area (Å²) in [5.41, 5.74) is 6.32. The minimum Gasteiger partial charge on any atom is -0.464 e. The van der Waals surface area contributed by atoms with E-state index in [1.165, 1.54) is 7.11 Å². The second-order valence-electron chi connectivity index (χ2n) is 6.44. The molecule has 3 heterocycles. The average molecular weight is 355 g/mol. The first kappa shape index (κ1) is 15.5. The highest BCUT2D eigenvalue weighted by molar-refractivity contribution is 6.10. The maximum absolute atomic E-state index is 12.4. The van der Waals surface area contributed by atoms with Crippen LogP contribution in [-0.4, -0.2) is 28.0 Å². The summed E-state index contributed by atoms with van der Waals surface area (Å²) in [4.78, 5) is 22.2. The fourth-order valence-corrected chi connectivity index (χ4v) is 3.75. The largest absolute Gasteiger partial charge is 0.464 e. The third-order valence-electron chi connectivity index (χ3n) is 5.01. The number of aromatic nitrogens is 3. The summed E-state index contributed by atoms with van der Waals surface area (Å²) in [6, 6.07) is 16.2. The maximum atomic E-state index is 12.4. The molecule has 0 atom stereocenters. The van der Waals surface area contributed by atoms with Gasteiger partial charge in [-0.05, 0) is 12.1 Å². The first-order chi connectivity index (χ1) is 13.3. The van der Waals surface area contributed by atoms with Gasteiger partial charge in [0.05, 0.1) is 7.11 Å². The van der Waals surface area contributed by atoms with E-state index in [0.29, 0.717) is 5.69 Å². The van der Waals surface area contributed by atoms with Gasteiger partial charge in [-0.3, -0.25) is 0 Å². The minimum absolute atomic E-state index is 0.388. The van der Waals surface area contributed by atoms with Gasteiger partial charge in [-0.15, -0.1) is 0 Å². The first-order valence-electron chi connectivity index (χ1n) is 8.70. The molecule has 0 unspecified atom stereocenters. The SMILES string of the molecule is COC(=O)c1[nH]cc(-c2c[nH]c3ccccc23)c1-c1c[nH]c2ccccc12. The van der Waals surface area contributed by atoms with Gasteiger partial charge in [0.15, 0.2) is 0 Å². The van der Waals surface area contributed by atoms with Crippen LogP contribution in [0.2, 0.25) is 0 Å². The lowest BCUT2D eigenvalue weighted by Crippen LogP contribution is -2.03. The van der Waals surface area contributed by atoms with Crippen LogP contribution in [0.15, 0.2) is 67.1 Å². The number of nitrogens with one attached hydrogen (secondary N) is 3. The lowest BCUT2D eigenvalue weighted by atomic mass is 9.96. The number of hydrogen-bond donors (Lipinski definition) is 3. The normalized spacial score (nSPS) is 11.3. The van der Waals surface area contributed by atoms with Gasteiger partial charge in [0.2, 0.25) is 0 Å². The third kappa shape index (κ3) is 2.29. The molecule has 0 saturated carbocycles. The first-order valence-corrected chi connectivity index (χ1v) is 8.70. The second-order valence-corrected chi connectivity index (χ2v) is 6.44. The van der Waals surface area contributed by atoms with E-state index in [9.17, 15) is 4.79 Å². The molecule has 27 heavy (non-hydrogen) atoms. The Hall–Kier alpha value is -3.73. The molecule has 0 aliphatic carbocycles. The van der Waals surface area contributed by atoms with E-state index in [1.54, 1.807) is 0 Å². The van der Waals surface area contributed by atoms with Crippen molar-refractivity contribution >= 4 is 27.8 Å². The molecule has 2 aromatic carbocycles. The van der Waals surface area contributed by atoms with Crippen LogP contribution in [0.5, 0.6) is 0 Å². The van der Waals surface area contributed by atoms with Crippen molar-refractivity contribution in [1.82, 2.24) is 15.0 Å². The highest BCUT2D eigenvalue weighted by Gasteiger charge is 2.24. The van der Waals surface area contributed by atoms with Crippen LogP contribution in [0.3, 0.4) is 0 Å². The van der Waals surface area contributed by atoms with Gasteiger partial charge in [0.25, 0.3) is 0 Å². The van der Waals surface area contributed by atoms with Gasteiger partial charge in [-0.2, -0.15) is 0 Å². The molecule has 5 nitrogen and oxygen atoms in total. The zero-order valence-corrected chi connectivity index (χ0v) is 14.7. The number of aromatic amines is 3. The van der Waals surface area contributed by atoms with Crippen molar-refractivity contribution in [3.05, 3.63) is 72.8 Å². The van der Waals surface area contributed by atoms with E-state index in [-0.39, 0.29) is 5.97 Å². The Labute approximate surface area is 155 Å². The summed E-state index contributed by atoms with van der Waals surface area (Å²) >= 11 is 0. The highest BCUT2D eigenvalue weighted by atomic mass is 16.5. The van der Waals surface area contributed by atoms with E-state index in [0.717, 1.165) is 44.1 Å². The summed E-state index contributed by atoms with van der Waals surface area (Å²) in [5, 5.41) is 2.16. The predicted octanol–water partition coefficient (Wildman–Crippen LogP) is 5.10. The van der Waals surface area contributed by atoms with Crippen molar-refractivity contribution in [2.75, 3.05) is 7.11 Å². The summed E-state index contributed by atoms with van der Waals surface area (Å²) in [6.45, 7) is 0. The van der Waals surface area contributed by atoms with Crippen molar-refractivity contribution in [3.63, 3.8) is 0 Å². The number of benzene rings is 2. The van der Waals surface area contributed by atoms with E-state index in [1.807, 2.05) is 61.1 Å². The average Bonchev–Trinajstić information content (AvgIpc) is 3.42. The number of rotatable bonds is 3. The quantitative estimate of drug-likeness (QED) is 0.394. The number of H-pyrrole nitrogens is 3. The molecule has 0 radical (unpaired) electrons. The Morgan fingerprint density at radius 3 is 1.96 bits per heavy atom. The van der Waals surface area contributed by atoms with Gasteiger partial charge < -0.3 is 19.7 Å². The summed E-state index contributed by atoms with van der Waals surface area (Å²) in [5.74, 6) is -0.388. The number of carbonyl (C=O) groups excluding carboxylic acids is 1. The van der Waals surface area contributed by atoms with Crippen LogP contribution in [0.25, 0.3) is 44.1 Å². The Morgan fingerprint density at radius 2 is 1.30 bits per heavy atom. The number of para-hydroxylation sites is 2. The van der Waals surface area contributed by atoms with E-state index < -0.39 is 0 Å². The van der Waals surface area contributed by atoms with Crippen LogP contribution in [-0.2, 0) is 4.74 Å². The number of esters is 1. The van der Waals surface area contributed by atoms with Gasteiger partial charge in [-0.25, -0.2) is 4.79 Å². The Morgan fingerprint density at radius 1 is 0.741 bits per heavy atom. The number of methoxy groups -OCH3 is 1. The molecule has 0 aliphatic rings. The maximum Gasteiger partial charge on any atom is 0.355 e. The number of ether oxygens (including phenoxy) is 1. The van der Waals surface area contributed by atoms with E-state index in [4.69, 9.17) is 4.74 Å². The molecule has 5 heteroatoms. The van der Waals surface area contributed by atoms with Crippen molar-refractivity contribution in [3.8, 4) is 22.3 Å². The number of carbonyl (C=O) groups is 1. The number of fused-ring (bicyclic) bond motifs is 2. The fourth-order valence-electron chi connectivity index (χ4n) is 3.75. The Balaban J connectivity index is 1.83. The van der Waals surface area contributed by atoms with Gasteiger partial charge in [0, 0.05) is 62.7 Å². The van der Waals surface area contributed by atoms with E-state index >= 15 is 0 Å². The molecule has 0 spiro atoms. The van der Waals surface area contributed by atoms with E-state index in [2.05, 4.69) is 21.0 Å². The van der Waals surface area contributed by atoms with Crippen molar-refractivity contribution in [2.45, 2.75) is 0 Å². The molecule has 5 aromatic rings. The minimum atomic E-state index is -0.388. The fraction of sp³-hybridized carbons (Fsp3) is 0.0455. The second kappa shape index (κ2) is 5.92. The monoisotopic (exact) mass is 355 g/mol. The summed E-state index contributed by atoms with van der Waals surface area (Å²) in [6.07, 6.45) is 5.80. The standard InChI is InChI=1S/C22H17N3O2/c1-27-22(26)21-20(16-11-24-19-9-5-3-7-14(16)19)17(12-25-21)15-10-23-18-8-4-2-6-13(15)18/h2-12,23-25H,1H3. The van der Waals surface area contributed by atoms with Crippen LogP contribution in [0.1, 0.15) is 10.5 Å². The van der Waals surface area contributed by atoms with Crippen LogP contribution >= 0.6 is 0 Å². The summed E-state index contributed by atoms with van der Waals surface area (Å²) < 4.78 is 5.02. The van der Waals surface area contributed by atoms with Crippen molar-refractivity contribution in [2.24, 2.45) is 0 Å². The van der Waals surface area contributed by atoms with Crippen LogP contribution in [0, 0.1) is 0 Å². The molecule has 3 N–H and O–H groups in total. The molecule has 0 saturated heterocycles. The van der Waals surface area contributed by atoms with Crippen molar-refractivity contribution < 1.29 is 9.53 Å². The molecule has 132 valence electrons. The van der Waals surface area contributed by atoms with Gasteiger partial charge in [0.1, 0.15) is 5.69 Å². The molecule has 0 bridgehead atoms. The van der Waals surface area contributed by atoms with Gasteiger partial charge >= 0.3 is 5.97 Å². The lowest BCUT2D eigenvalue weighted by Gasteiger charge is -2.06. The smallest absolute Gasteiger partial charge is 0.355 e. The highest BCUT2D eigenvalue weighted by Crippen LogP contribution is 2.41. The van der Waals surface area contributed by atoms with Crippen LogP contribution in [0.4, 0.5) is 0 Å². The van der Waals surface area contributed by atoms with Crippen LogP contribution < -0.4 is 0 Å². The predicted molar refractivity (Wildman–Crippen MR) is 107 cm³/mol. The molecular formula is C22H17N3O2. The van der Waals surface area contributed by atoms with Gasteiger partial charge in [-0.1, -0.05) is 36.4 Å². The zero-order valence-electron chi connectivity index (χ0n) is 14.7. The molecule has 0 aliphatic heterocycles.